The van der Waals surface area contributed by atoms with Crippen molar-refractivity contribution in [3.63, 3.8) is 0 Å². The Morgan fingerprint density at radius 3 is 2.20 bits per heavy atom. The first-order valence-corrected chi connectivity index (χ1v) is 4.82. The molecule has 10 heavy (non-hydrogen) atoms. The molecule has 0 amide bonds. The van der Waals surface area contributed by atoms with E-state index in [1.54, 1.807) is 0 Å². The van der Waals surface area contributed by atoms with E-state index in [-0.39, 0.29) is 0 Å². The number of rotatable bonds is 0. The van der Waals surface area contributed by atoms with E-state index in [9.17, 15) is 0 Å². The Morgan fingerprint density at radius 1 is 1.40 bits per heavy atom. The van der Waals surface area contributed by atoms with Crippen LogP contribution in [0.4, 0.5) is 0 Å². The van der Waals surface area contributed by atoms with Gasteiger partial charge in [0.2, 0.25) is 0 Å². The van der Waals surface area contributed by atoms with Crippen molar-refractivity contribution in [1.29, 1.82) is 0 Å². The number of thioether (sulfide) groups is 1. The summed E-state index contributed by atoms with van der Waals surface area (Å²) in [7, 11) is 0. The fraction of sp³-hybridized carbons (Fsp3) is 1.00. The highest BCUT2D eigenvalue weighted by Crippen LogP contribution is 2.37. The van der Waals surface area contributed by atoms with Crippen LogP contribution in [0.5, 0.6) is 0 Å². The van der Waals surface area contributed by atoms with Gasteiger partial charge >= 0.3 is 0 Å². The summed E-state index contributed by atoms with van der Waals surface area (Å²) in [6, 6.07) is 0. The second-order valence-electron chi connectivity index (χ2n) is 3.98. The molecule has 1 heterocycles. The summed E-state index contributed by atoms with van der Waals surface area (Å²) in [4.78, 5) is 0. The average molecular weight is 160 g/mol. The summed E-state index contributed by atoms with van der Waals surface area (Å²) in [5.41, 5.74) is 0.706. The quantitative estimate of drug-likeness (QED) is 0.538. The highest BCUT2D eigenvalue weighted by atomic mass is 32.2. The van der Waals surface area contributed by atoms with Gasteiger partial charge in [-0.05, 0) is 12.3 Å². The van der Waals surface area contributed by atoms with Crippen LogP contribution in [0.15, 0.2) is 0 Å². The van der Waals surface area contributed by atoms with Crippen molar-refractivity contribution in [2.24, 2.45) is 5.41 Å². The normalized spacial score (nSPS) is 34.8. The molecular weight excluding hydrogens is 144 g/mol. The molecule has 2 atom stereocenters. The number of hydrogen-bond acceptors (Lipinski definition) is 2. The summed E-state index contributed by atoms with van der Waals surface area (Å²) in [5.74, 6) is 1.15. The molecule has 1 rings (SSSR count). The van der Waals surface area contributed by atoms with E-state index in [0.717, 1.165) is 5.75 Å². The molecule has 0 bridgehead atoms. The third kappa shape index (κ3) is 1.89. The molecule has 60 valence electrons. The van der Waals surface area contributed by atoms with E-state index in [1.807, 2.05) is 11.8 Å². The molecule has 0 spiro atoms. The molecule has 0 N–H and O–H groups in total. The van der Waals surface area contributed by atoms with Crippen LogP contribution < -0.4 is 0 Å². The summed E-state index contributed by atoms with van der Waals surface area (Å²) < 4.78 is 5.69. The lowest BCUT2D eigenvalue weighted by Crippen LogP contribution is -2.23. The molecule has 1 aliphatic heterocycles. The first-order valence-electron chi connectivity index (χ1n) is 3.77. The van der Waals surface area contributed by atoms with Gasteiger partial charge in [0.25, 0.3) is 0 Å². The lowest BCUT2D eigenvalue weighted by molar-refractivity contribution is 0.0212. The van der Waals surface area contributed by atoms with Crippen molar-refractivity contribution in [2.45, 2.75) is 39.2 Å². The van der Waals surface area contributed by atoms with Crippen LogP contribution in [0.25, 0.3) is 0 Å². The third-order valence-corrected chi connectivity index (χ3v) is 3.33. The number of ether oxygens (including phenoxy) is 1. The second kappa shape index (κ2) is 2.74. The van der Waals surface area contributed by atoms with E-state index >= 15 is 0 Å². The van der Waals surface area contributed by atoms with Crippen molar-refractivity contribution in [3.8, 4) is 0 Å². The molecule has 0 radical (unpaired) electrons. The maximum atomic E-state index is 5.69. The summed E-state index contributed by atoms with van der Waals surface area (Å²) in [5, 5.41) is 0. The van der Waals surface area contributed by atoms with Crippen LogP contribution in [-0.4, -0.2) is 17.3 Å². The minimum Gasteiger partial charge on any atom is -0.363 e. The molecule has 0 aromatic rings. The molecular formula is C8H16OS. The minimum absolute atomic E-state index is 0.301. The standard InChI is InChI=1S/C8H16OS/c1-6-5-10-7(9-6)8(2,3)4/h6-7H,5H2,1-4H3/t6-,7+/m0/s1. The van der Waals surface area contributed by atoms with Crippen molar-refractivity contribution in [2.75, 3.05) is 5.75 Å². The predicted octanol–water partition coefficient (Wildman–Crippen LogP) is 2.51. The highest BCUT2D eigenvalue weighted by molar-refractivity contribution is 8.00. The molecule has 1 aliphatic rings. The van der Waals surface area contributed by atoms with E-state index in [0.29, 0.717) is 17.0 Å². The van der Waals surface area contributed by atoms with Gasteiger partial charge in [0.15, 0.2) is 0 Å². The number of hydrogen-bond donors (Lipinski definition) is 0. The van der Waals surface area contributed by atoms with E-state index < -0.39 is 0 Å². The maximum absolute atomic E-state index is 5.69. The molecule has 0 aromatic heterocycles. The van der Waals surface area contributed by atoms with Crippen LogP contribution in [-0.2, 0) is 4.74 Å². The van der Waals surface area contributed by atoms with Gasteiger partial charge < -0.3 is 4.74 Å². The molecule has 1 nitrogen and oxygen atoms in total. The Hall–Kier alpha value is 0.310. The Labute approximate surface area is 67.5 Å². The fourth-order valence-corrected chi connectivity index (χ4v) is 2.26. The SMILES string of the molecule is C[C@H]1CS[C@H](C(C)(C)C)O1. The van der Waals surface area contributed by atoms with Crippen LogP contribution in [0, 0.1) is 5.41 Å². The molecule has 1 saturated heterocycles. The van der Waals surface area contributed by atoms with E-state index in [1.165, 1.54) is 0 Å². The third-order valence-electron chi connectivity index (χ3n) is 1.55. The van der Waals surface area contributed by atoms with Gasteiger partial charge in [-0.1, -0.05) is 20.8 Å². The Kier molecular flexibility index (Phi) is 2.31. The van der Waals surface area contributed by atoms with E-state index in [2.05, 4.69) is 27.7 Å². The van der Waals surface area contributed by atoms with Gasteiger partial charge in [-0.2, -0.15) is 0 Å². The van der Waals surface area contributed by atoms with Crippen molar-refractivity contribution < 1.29 is 4.74 Å². The van der Waals surface area contributed by atoms with E-state index in [4.69, 9.17) is 4.74 Å². The van der Waals surface area contributed by atoms with Crippen molar-refractivity contribution >= 4 is 11.8 Å². The minimum atomic E-state index is 0.301. The van der Waals surface area contributed by atoms with Crippen LogP contribution in [0.3, 0.4) is 0 Å². The first kappa shape index (κ1) is 8.41. The lowest BCUT2D eigenvalue weighted by atomic mass is 9.98. The second-order valence-corrected chi connectivity index (χ2v) is 5.07. The zero-order valence-corrected chi connectivity index (χ0v) is 7.99. The van der Waals surface area contributed by atoms with Crippen LogP contribution in [0.2, 0.25) is 0 Å². The van der Waals surface area contributed by atoms with Crippen molar-refractivity contribution in [1.82, 2.24) is 0 Å². The van der Waals surface area contributed by atoms with Gasteiger partial charge in [0, 0.05) is 5.75 Å². The topological polar surface area (TPSA) is 9.23 Å². The summed E-state index contributed by atoms with van der Waals surface area (Å²) >= 11 is 1.94. The fourth-order valence-electron chi connectivity index (χ4n) is 0.967. The monoisotopic (exact) mass is 160 g/mol. The van der Waals surface area contributed by atoms with Gasteiger partial charge in [-0.3, -0.25) is 0 Å². The lowest BCUT2D eigenvalue weighted by Gasteiger charge is -2.25. The van der Waals surface area contributed by atoms with Crippen LogP contribution >= 0.6 is 11.8 Å². The predicted molar refractivity (Wildman–Crippen MR) is 46.2 cm³/mol. The average Bonchev–Trinajstić information content (AvgIpc) is 2.11. The Balaban J connectivity index is 2.45. The Morgan fingerprint density at radius 2 is 2.00 bits per heavy atom. The Bertz CT molecular complexity index is 117. The van der Waals surface area contributed by atoms with Crippen molar-refractivity contribution in [3.05, 3.63) is 0 Å². The van der Waals surface area contributed by atoms with Gasteiger partial charge in [-0.25, -0.2) is 0 Å². The molecule has 0 aromatic carbocycles. The van der Waals surface area contributed by atoms with Crippen LogP contribution in [0.1, 0.15) is 27.7 Å². The molecule has 2 heteroatoms. The zero-order chi connectivity index (χ0) is 7.78. The molecule has 0 saturated carbocycles. The summed E-state index contributed by atoms with van der Waals surface area (Å²) in [6.07, 6.45) is 0.453. The highest BCUT2D eigenvalue weighted by Gasteiger charge is 2.32. The largest absolute Gasteiger partial charge is 0.363 e. The smallest absolute Gasteiger partial charge is 0.108 e. The maximum Gasteiger partial charge on any atom is 0.108 e. The summed E-state index contributed by atoms with van der Waals surface area (Å²) in [6.45, 7) is 8.81. The van der Waals surface area contributed by atoms with Gasteiger partial charge in [0.05, 0.1) is 6.10 Å². The molecule has 1 fully saturated rings. The van der Waals surface area contributed by atoms with Gasteiger partial charge in [-0.15, -0.1) is 11.8 Å². The molecule has 0 aliphatic carbocycles. The zero-order valence-electron chi connectivity index (χ0n) is 7.18. The first-order chi connectivity index (χ1) is 4.50. The molecule has 0 unspecified atom stereocenters. The van der Waals surface area contributed by atoms with Gasteiger partial charge in [0.1, 0.15) is 5.44 Å².